The van der Waals surface area contributed by atoms with Crippen molar-refractivity contribution in [2.24, 2.45) is 10.9 Å². The first-order valence-electron chi connectivity index (χ1n) is 6.82. The molecule has 0 aromatic heterocycles. The number of hydrogen-bond acceptors (Lipinski definition) is 4. The summed E-state index contributed by atoms with van der Waals surface area (Å²) < 4.78 is 0. The highest BCUT2D eigenvalue weighted by atomic mass is 35.5. The van der Waals surface area contributed by atoms with Gasteiger partial charge in [-0.25, -0.2) is 0 Å². The molecule has 1 aromatic rings. The van der Waals surface area contributed by atoms with E-state index in [-0.39, 0.29) is 12.4 Å². The zero-order chi connectivity index (χ0) is 14.5. The summed E-state index contributed by atoms with van der Waals surface area (Å²) in [6, 6.07) is 5.89. The molecule has 0 amide bonds. The fourth-order valence-electron chi connectivity index (χ4n) is 2.40. The molecule has 0 aliphatic heterocycles. The maximum Gasteiger partial charge on any atom is 0.170 e. The Morgan fingerprint density at radius 2 is 2.20 bits per heavy atom. The first-order valence-corrected chi connectivity index (χ1v) is 7.20. The zero-order valence-electron chi connectivity index (χ0n) is 11.3. The molecule has 1 aliphatic rings. The van der Waals surface area contributed by atoms with E-state index in [4.69, 9.17) is 27.6 Å². The largest absolute Gasteiger partial charge is 0.409 e. The van der Waals surface area contributed by atoms with Crippen LogP contribution in [-0.4, -0.2) is 35.3 Å². The van der Waals surface area contributed by atoms with Gasteiger partial charge in [-0.05, 0) is 43.9 Å². The van der Waals surface area contributed by atoms with E-state index < -0.39 is 0 Å². The molecule has 2 rings (SSSR count). The van der Waals surface area contributed by atoms with E-state index in [0.717, 1.165) is 31.5 Å². The van der Waals surface area contributed by atoms with Gasteiger partial charge in [0.2, 0.25) is 0 Å². The van der Waals surface area contributed by atoms with Gasteiger partial charge >= 0.3 is 0 Å². The smallest absolute Gasteiger partial charge is 0.170 e. The molecule has 6 heteroatoms. The summed E-state index contributed by atoms with van der Waals surface area (Å²) in [5.41, 5.74) is 7.10. The summed E-state index contributed by atoms with van der Waals surface area (Å²) in [5, 5.41) is 21.3. The number of amidine groups is 1. The Bertz CT molecular complexity index is 489. The van der Waals surface area contributed by atoms with Crippen LogP contribution in [0.15, 0.2) is 23.4 Å². The SMILES string of the molecule is N/C(=N/O)c1ccc(N(CCCO)C2CCC2)c(Cl)c1. The normalized spacial score (nSPS) is 16.0. The van der Waals surface area contributed by atoms with Gasteiger partial charge in [0, 0.05) is 24.8 Å². The lowest BCUT2D eigenvalue weighted by molar-refractivity contribution is 0.283. The number of rotatable bonds is 6. The van der Waals surface area contributed by atoms with E-state index in [1.165, 1.54) is 6.42 Å². The van der Waals surface area contributed by atoms with Crippen LogP contribution in [0.4, 0.5) is 5.69 Å². The van der Waals surface area contributed by atoms with Gasteiger partial charge in [0.15, 0.2) is 5.84 Å². The number of benzene rings is 1. The van der Waals surface area contributed by atoms with Gasteiger partial charge in [0.25, 0.3) is 0 Å². The number of anilines is 1. The highest BCUT2D eigenvalue weighted by Crippen LogP contribution is 2.34. The molecule has 1 aromatic carbocycles. The van der Waals surface area contributed by atoms with E-state index in [9.17, 15) is 0 Å². The number of halogens is 1. The van der Waals surface area contributed by atoms with E-state index in [2.05, 4.69) is 10.1 Å². The molecule has 0 heterocycles. The lowest BCUT2D eigenvalue weighted by Crippen LogP contribution is -2.41. The maximum atomic E-state index is 9.03. The molecular weight excluding hydrogens is 278 g/mol. The fourth-order valence-corrected chi connectivity index (χ4v) is 2.69. The first kappa shape index (κ1) is 14.9. The van der Waals surface area contributed by atoms with Crippen molar-refractivity contribution in [2.45, 2.75) is 31.7 Å². The zero-order valence-corrected chi connectivity index (χ0v) is 12.1. The Labute approximate surface area is 123 Å². The minimum absolute atomic E-state index is 0.0454. The number of aliphatic hydroxyl groups excluding tert-OH is 1. The number of aliphatic hydroxyl groups is 1. The van der Waals surface area contributed by atoms with Crippen molar-refractivity contribution in [2.75, 3.05) is 18.1 Å². The highest BCUT2D eigenvalue weighted by molar-refractivity contribution is 6.33. The average molecular weight is 298 g/mol. The molecule has 4 N–H and O–H groups in total. The Hall–Kier alpha value is -1.46. The molecule has 0 spiro atoms. The van der Waals surface area contributed by atoms with Crippen LogP contribution in [0.1, 0.15) is 31.2 Å². The average Bonchev–Trinajstić information content (AvgIpc) is 2.40. The van der Waals surface area contributed by atoms with Crippen LogP contribution >= 0.6 is 11.6 Å². The van der Waals surface area contributed by atoms with Gasteiger partial charge in [-0.3, -0.25) is 0 Å². The molecule has 20 heavy (non-hydrogen) atoms. The monoisotopic (exact) mass is 297 g/mol. The second kappa shape index (κ2) is 6.81. The van der Waals surface area contributed by atoms with Crippen LogP contribution in [0.3, 0.4) is 0 Å². The van der Waals surface area contributed by atoms with E-state index in [0.29, 0.717) is 16.6 Å². The van der Waals surface area contributed by atoms with Crippen LogP contribution in [0, 0.1) is 0 Å². The number of hydrogen-bond donors (Lipinski definition) is 3. The molecule has 1 aliphatic carbocycles. The summed E-state index contributed by atoms with van der Waals surface area (Å²) in [7, 11) is 0. The molecule has 1 saturated carbocycles. The summed E-state index contributed by atoms with van der Waals surface area (Å²) in [6.45, 7) is 0.951. The predicted molar refractivity (Wildman–Crippen MR) is 80.7 cm³/mol. The minimum Gasteiger partial charge on any atom is -0.409 e. The van der Waals surface area contributed by atoms with Crippen molar-refractivity contribution in [1.82, 2.24) is 0 Å². The van der Waals surface area contributed by atoms with E-state index in [1.807, 2.05) is 6.07 Å². The van der Waals surface area contributed by atoms with Crippen molar-refractivity contribution < 1.29 is 10.3 Å². The third-order valence-electron chi connectivity index (χ3n) is 3.73. The van der Waals surface area contributed by atoms with E-state index in [1.54, 1.807) is 12.1 Å². The molecule has 5 nitrogen and oxygen atoms in total. The topological polar surface area (TPSA) is 82.1 Å². The van der Waals surface area contributed by atoms with Gasteiger partial charge in [-0.1, -0.05) is 16.8 Å². The second-order valence-corrected chi connectivity index (χ2v) is 5.41. The van der Waals surface area contributed by atoms with Gasteiger partial charge in [-0.2, -0.15) is 0 Å². The molecule has 110 valence electrons. The van der Waals surface area contributed by atoms with Crippen molar-refractivity contribution in [3.63, 3.8) is 0 Å². The van der Waals surface area contributed by atoms with Crippen LogP contribution in [-0.2, 0) is 0 Å². The molecule has 0 bridgehead atoms. The molecule has 0 saturated heterocycles. The quantitative estimate of drug-likeness (QED) is 0.325. The molecule has 0 unspecified atom stereocenters. The Kier molecular flexibility index (Phi) is 5.09. The Morgan fingerprint density at radius 1 is 1.45 bits per heavy atom. The minimum atomic E-state index is 0.0454. The molecular formula is C14H20ClN3O2. The predicted octanol–water partition coefficient (Wildman–Crippen LogP) is 2.18. The van der Waals surface area contributed by atoms with Gasteiger partial charge in [-0.15, -0.1) is 0 Å². The molecule has 0 atom stereocenters. The number of nitrogens with zero attached hydrogens (tertiary/aromatic N) is 2. The number of oxime groups is 1. The third kappa shape index (κ3) is 3.16. The van der Waals surface area contributed by atoms with Crippen molar-refractivity contribution >= 4 is 23.1 Å². The summed E-state index contributed by atoms with van der Waals surface area (Å²) >= 11 is 6.33. The third-order valence-corrected chi connectivity index (χ3v) is 4.04. The van der Waals surface area contributed by atoms with Crippen molar-refractivity contribution in [3.05, 3.63) is 28.8 Å². The lowest BCUT2D eigenvalue weighted by Gasteiger charge is -2.39. The first-order chi connectivity index (χ1) is 9.67. The van der Waals surface area contributed by atoms with Crippen LogP contribution < -0.4 is 10.6 Å². The van der Waals surface area contributed by atoms with Crippen molar-refractivity contribution in [1.29, 1.82) is 0 Å². The Morgan fingerprint density at radius 3 is 2.70 bits per heavy atom. The maximum absolute atomic E-state index is 9.03. The highest BCUT2D eigenvalue weighted by Gasteiger charge is 2.26. The number of nitrogens with two attached hydrogens (primary N) is 1. The van der Waals surface area contributed by atoms with Crippen LogP contribution in [0.5, 0.6) is 0 Å². The fraction of sp³-hybridized carbons (Fsp3) is 0.500. The van der Waals surface area contributed by atoms with Crippen LogP contribution in [0.2, 0.25) is 5.02 Å². The molecule has 0 radical (unpaired) electrons. The summed E-state index contributed by atoms with van der Waals surface area (Å²) in [5.74, 6) is 0.0454. The van der Waals surface area contributed by atoms with Crippen molar-refractivity contribution in [3.8, 4) is 0 Å². The molecule has 1 fully saturated rings. The lowest BCUT2D eigenvalue weighted by atomic mass is 9.90. The van der Waals surface area contributed by atoms with Gasteiger partial charge in [0.1, 0.15) is 0 Å². The summed E-state index contributed by atoms with van der Waals surface area (Å²) in [6.07, 6.45) is 4.27. The van der Waals surface area contributed by atoms with Gasteiger partial charge < -0.3 is 20.9 Å². The standard InChI is InChI=1S/C14H20ClN3O2/c15-12-9-10(14(16)17-20)5-6-13(12)18(7-2-8-19)11-3-1-4-11/h5-6,9,11,19-20H,1-4,7-8H2,(H2,16,17). The Balaban J connectivity index is 2.23. The van der Waals surface area contributed by atoms with Gasteiger partial charge in [0.05, 0.1) is 10.7 Å². The second-order valence-electron chi connectivity index (χ2n) is 5.01. The van der Waals surface area contributed by atoms with Crippen LogP contribution in [0.25, 0.3) is 0 Å². The van der Waals surface area contributed by atoms with E-state index >= 15 is 0 Å². The summed E-state index contributed by atoms with van der Waals surface area (Å²) in [4.78, 5) is 2.25.